The topological polar surface area (TPSA) is 115 Å². The highest BCUT2D eigenvalue weighted by molar-refractivity contribution is 9.10. The Kier molecular flexibility index (Phi) is 6.77. The van der Waals surface area contributed by atoms with Crippen molar-refractivity contribution in [2.24, 2.45) is 5.73 Å². The van der Waals surface area contributed by atoms with Crippen LogP contribution in [0.5, 0.6) is 0 Å². The van der Waals surface area contributed by atoms with E-state index in [1.807, 2.05) is 65.4 Å². The minimum atomic E-state index is -1.27. The van der Waals surface area contributed by atoms with Crippen LogP contribution in [-0.2, 0) is 10.2 Å². The van der Waals surface area contributed by atoms with E-state index in [4.69, 9.17) is 20.7 Å². The molecule has 7 rings (SSSR count). The van der Waals surface area contributed by atoms with E-state index in [0.29, 0.717) is 26.5 Å². The van der Waals surface area contributed by atoms with Crippen molar-refractivity contribution in [2.45, 2.75) is 11.8 Å². The quantitative estimate of drug-likeness (QED) is 0.193. The summed E-state index contributed by atoms with van der Waals surface area (Å²) in [7, 11) is 0. The second-order valence-corrected chi connectivity index (χ2v) is 13.4. The fourth-order valence-corrected chi connectivity index (χ4v) is 7.66. The number of aromatic amines is 1. The van der Waals surface area contributed by atoms with Crippen LogP contribution in [-0.4, -0.2) is 25.7 Å². The van der Waals surface area contributed by atoms with Crippen molar-refractivity contribution in [1.29, 1.82) is 0 Å². The van der Waals surface area contributed by atoms with Gasteiger partial charge in [0.15, 0.2) is 5.78 Å². The fraction of sp³-hybridized carbons (Fsp3) is 0.0645. The summed E-state index contributed by atoms with van der Waals surface area (Å²) in [5.74, 6) is 0.105. The van der Waals surface area contributed by atoms with Crippen LogP contribution >= 0.6 is 54.5 Å². The van der Waals surface area contributed by atoms with E-state index in [2.05, 4.69) is 36.8 Å². The summed E-state index contributed by atoms with van der Waals surface area (Å²) in [5.41, 5.74) is 9.88. The van der Waals surface area contributed by atoms with Crippen molar-refractivity contribution in [3.05, 3.63) is 124 Å². The molecule has 0 saturated carbocycles. The molecule has 42 heavy (non-hydrogen) atoms. The summed E-state index contributed by atoms with van der Waals surface area (Å²) < 4.78 is 1.92. The monoisotopic (exact) mass is 715 g/mol. The summed E-state index contributed by atoms with van der Waals surface area (Å²) in [6.07, 6.45) is -0.0318. The van der Waals surface area contributed by atoms with Gasteiger partial charge in [-0.05, 0) is 36.4 Å². The number of nitrogens with zero attached hydrogens (tertiary/aromatic N) is 3. The predicted molar refractivity (Wildman–Crippen MR) is 174 cm³/mol. The highest BCUT2D eigenvalue weighted by Crippen LogP contribution is 2.50. The van der Waals surface area contributed by atoms with E-state index in [0.717, 1.165) is 31.5 Å². The van der Waals surface area contributed by atoms with Crippen LogP contribution in [0.3, 0.4) is 0 Å². The van der Waals surface area contributed by atoms with Crippen molar-refractivity contribution >= 4 is 76.8 Å². The first-order chi connectivity index (χ1) is 20.3. The van der Waals surface area contributed by atoms with Gasteiger partial charge in [-0.2, -0.15) is 0 Å². The Morgan fingerprint density at radius 2 is 1.40 bits per heavy atom. The number of ketones is 1. The molecule has 0 spiro atoms. The second kappa shape index (κ2) is 10.5. The van der Waals surface area contributed by atoms with Gasteiger partial charge in [0.05, 0.1) is 27.9 Å². The molecule has 3 N–H and O–H groups in total. The van der Waals surface area contributed by atoms with Crippen LogP contribution in [0.4, 0.5) is 0 Å². The Morgan fingerprint density at radius 1 is 0.786 bits per heavy atom. The minimum absolute atomic E-state index is 0.0318. The standard InChI is InChI=1S/C31H19Br2N5O2S2/c32-18-9-5-16(6-10-18)22-14-41-28(35-22)25-24(39)13-31(26(25)34,29-36-21-4-2-1-3-20(21)27(40)38-29)30-37-23(15-42-30)17-7-11-19(33)12-8-17/h1-12,14-15H,13,34H2,(H,36,38,40). The van der Waals surface area contributed by atoms with Crippen LogP contribution in [0.15, 0.2) is 103 Å². The highest BCUT2D eigenvalue weighted by Gasteiger charge is 2.52. The SMILES string of the molecule is NC1=C(c2nc(-c3ccc(Br)cc3)cs2)C(=O)CC1(c1nc2ccccc2c(=O)[nH]1)c1nc(-c2ccc(Br)cc2)cs1. The number of carbonyl (C=O) groups is 1. The maximum Gasteiger partial charge on any atom is 0.258 e. The molecule has 1 atom stereocenters. The molecule has 3 aromatic carbocycles. The summed E-state index contributed by atoms with van der Waals surface area (Å²) in [6.45, 7) is 0. The Bertz CT molecular complexity index is 2100. The number of Topliss-reactive ketones (excluding diaryl/α,β-unsaturated/α-hetero) is 1. The molecule has 0 aliphatic heterocycles. The maximum absolute atomic E-state index is 13.9. The molecular formula is C31H19Br2N5O2S2. The number of H-pyrrole nitrogens is 1. The molecule has 1 aliphatic carbocycles. The number of carbonyl (C=O) groups excluding carboxylic acids is 1. The molecule has 0 amide bonds. The van der Waals surface area contributed by atoms with Crippen molar-refractivity contribution in [1.82, 2.24) is 19.9 Å². The van der Waals surface area contributed by atoms with Crippen LogP contribution < -0.4 is 11.3 Å². The van der Waals surface area contributed by atoms with Gasteiger partial charge in [0.25, 0.3) is 5.56 Å². The van der Waals surface area contributed by atoms with Gasteiger partial charge in [-0.25, -0.2) is 15.0 Å². The van der Waals surface area contributed by atoms with E-state index in [9.17, 15) is 9.59 Å². The lowest BCUT2D eigenvalue weighted by Gasteiger charge is -2.27. The average Bonchev–Trinajstić information content (AvgIpc) is 3.73. The smallest absolute Gasteiger partial charge is 0.258 e. The van der Waals surface area contributed by atoms with Gasteiger partial charge in [0.1, 0.15) is 21.3 Å². The summed E-state index contributed by atoms with van der Waals surface area (Å²) in [5, 5.41) is 5.40. The Hall–Kier alpha value is -3.77. The van der Waals surface area contributed by atoms with Crippen molar-refractivity contribution in [3.63, 3.8) is 0 Å². The number of fused-ring (bicyclic) bond motifs is 1. The zero-order valence-corrected chi connectivity index (χ0v) is 26.4. The molecular weight excluding hydrogens is 698 g/mol. The Balaban J connectivity index is 1.43. The molecule has 6 aromatic rings. The largest absolute Gasteiger partial charge is 0.400 e. The number of halogens is 2. The normalized spacial score (nSPS) is 17.0. The van der Waals surface area contributed by atoms with Gasteiger partial charge in [-0.15, -0.1) is 22.7 Å². The van der Waals surface area contributed by atoms with Crippen molar-refractivity contribution < 1.29 is 4.79 Å². The zero-order chi connectivity index (χ0) is 29.0. The first-order valence-electron chi connectivity index (χ1n) is 12.8. The molecule has 1 unspecified atom stereocenters. The predicted octanol–water partition coefficient (Wildman–Crippen LogP) is 7.32. The van der Waals surface area contributed by atoms with Crippen LogP contribution in [0, 0.1) is 0 Å². The van der Waals surface area contributed by atoms with Crippen LogP contribution in [0.2, 0.25) is 0 Å². The number of hydrogen-bond donors (Lipinski definition) is 2. The number of aromatic nitrogens is 4. The third kappa shape index (κ3) is 4.48. The van der Waals surface area contributed by atoms with Crippen molar-refractivity contribution in [2.75, 3.05) is 0 Å². The summed E-state index contributed by atoms with van der Waals surface area (Å²) >= 11 is 9.69. The maximum atomic E-state index is 13.9. The lowest BCUT2D eigenvalue weighted by Crippen LogP contribution is -2.36. The van der Waals surface area contributed by atoms with E-state index in [1.54, 1.807) is 18.2 Å². The first kappa shape index (κ1) is 27.1. The molecule has 0 fully saturated rings. The number of rotatable bonds is 5. The zero-order valence-electron chi connectivity index (χ0n) is 21.6. The fourth-order valence-electron chi connectivity index (χ4n) is 5.18. The number of nitrogens with one attached hydrogen (secondary N) is 1. The average molecular weight is 717 g/mol. The number of thiazole rings is 2. The molecule has 1 aliphatic rings. The third-order valence-electron chi connectivity index (χ3n) is 7.32. The van der Waals surface area contributed by atoms with Gasteiger partial charge >= 0.3 is 0 Å². The Labute approximate surface area is 264 Å². The van der Waals surface area contributed by atoms with Crippen LogP contribution in [0.1, 0.15) is 22.3 Å². The Morgan fingerprint density at radius 3 is 2.10 bits per heavy atom. The van der Waals surface area contributed by atoms with E-state index in [1.165, 1.54) is 22.7 Å². The number of benzene rings is 3. The molecule has 3 aromatic heterocycles. The minimum Gasteiger partial charge on any atom is -0.400 e. The molecule has 7 nitrogen and oxygen atoms in total. The van der Waals surface area contributed by atoms with E-state index in [-0.39, 0.29) is 29.3 Å². The van der Waals surface area contributed by atoms with Crippen LogP contribution in [0.25, 0.3) is 39.0 Å². The molecule has 0 bridgehead atoms. The number of para-hydroxylation sites is 1. The second-order valence-electron chi connectivity index (χ2n) is 9.82. The lowest BCUT2D eigenvalue weighted by molar-refractivity contribution is -0.113. The van der Waals surface area contributed by atoms with Gasteiger partial charge in [-0.1, -0.05) is 68.3 Å². The number of allylic oxidation sites excluding steroid dienone is 2. The van der Waals surface area contributed by atoms with Gasteiger partial charge < -0.3 is 10.7 Å². The highest BCUT2D eigenvalue weighted by atomic mass is 79.9. The van der Waals surface area contributed by atoms with Crippen molar-refractivity contribution in [3.8, 4) is 22.5 Å². The number of hydrogen-bond acceptors (Lipinski definition) is 8. The summed E-state index contributed by atoms with van der Waals surface area (Å²) in [6, 6.07) is 22.8. The first-order valence-corrected chi connectivity index (χ1v) is 16.1. The molecule has 11 heteroatoms. The van der Waals surface area contributed by atoms with Gasteiger partial charge in [-0.3, -0.25) is 9.59 Å². The van der Waals surface area contributed by atoms with E-state index < -0.39 is 5.41 Å². The lowest BCUT2D eigenvalue weighted by atomic mass is 9.84. The van der Waals surface area contributed by atoms with Gasteiger partial charge in [0.2, 0.25) is 0 Å². The molecule has 0 saturated heterocycles. The van der Waals surface area contributed by atoms with E-state index >= 15 is 0 Å². The molecule has 0 radical (unpaired) electrons. The summed E-state index contributed by atoms with van der Waals surface area (Å²) in [4.78, 5) is 44.7. The molecule has 206 valence electrons. The third-order valence-corrected chi connectivity index (χ3v) is 10.2. The number of nitrogens with two attached hydrogens (primary N) is 1. The molecule has 3 heterocycles. The van der Waals surface area contributed by atoms with Gasteiger partial charge in [0, 0.05) is 43.0 Å².